The molecule has 0 saturated heterocycles. The zero-order chi connectivity index (χ0) is 16.1. The van der Waals surface area contributed by atoms with Crippen molar-refractivity contribution in [2.45, 2.75) is 51.9 Å². The molecule has 0 aromatic heterocycles. The van der Waals surface area contributed by atoms with E-state index < -0.39 is 0 Å². The summed E-state index contributed by atoms with van der Waals surface area (Å²) in [5, 5.41) is 0. The van der Waals surface area contributed by atoms with Crippen LogP contribution in [0.2, 0.25) is 0 Å². The molecule has 1 aliphatic carbocycles. The van der Waals surface area contributed by atoms with E-state index >= 15 is 0 Å². The molecular weight excluding hydrogens is 358 g/mol. The van der Waals surface area contributed by atoms with Gasteiger partial charge in [0.25, 0.3) is 0 Å². The molecule has 1 nitrogen and oxygen atoms in total. The summed E-state index contributed by atoms with van der Waals surface area (Å²) in [6, 6.07) is 11.2. The number of hydrogen-bond donors (Lipinski definition) is 0. The molecule has 0 radical (unpaired) electrons. The Morgan fingerprint density at radius 2 is 1.62 bits per heavy atom. The minimum atomic E-state index is 0. The molecule has 1 aromatic rings. The molecule has 24 heavy (non-hydrogen) atoms. The number of benzene rings is 1. The zero-order valence-electron chi connectivity index (χ0n) is 15.3. The van der Waals surface area contributed by atoms with Gasteiger partial charge in [0.15, 0.2) is 0 Å². The minimum Gasteiger partial charge on any atom is -1.00 e. The first-order valence-electron chi connectivity index (χ1n) is 9.58. The SMILES string of the molecule is CCCC[N+]1(CCCC)C=C2C=CCC(c3ccccc3)C2C1.[Br-]. The summed E-state index contributed by atoms with van der Waals surface area (Å²) in [5.41, 5.74) is 3.14. The highest BCUT2D eigenvalue weighted by Crippen LogP contribution is 2.44. The van der Waals surface area contributed by atoms with Gasteiger partial charge in [-0.05, 0) is 30.7 Å². The molecule has 0 amide bonds. The molecular formula is C22H32BrN. The fraction of sp³-hybridized carbons (Fsp3) is 0.545. The van der Waals surface area contributed by atoms with Gasteiger partial charge in [-0.2, -0.15) is 0 Å². The lowest BCUT2D eigenvalue weighted by atomic mass is 9.77. The molecule has 2 aliphatic rings. The molecule has 2 heteroatoms. The van der Waals surface area contributed by atoms with Crippen molar-refractivity contribution in [1.82, 2.24) is 0 Å². The third-order valence-corrected chi connectivity index (χ3v) is 5.74. The van der Waals surface area contributed by atoms with Crippen LogP contribution in [-0.4, -0.2) is 24.1 Å². The summed E-state index contributed by atoms with van der Waals surface area (Å²) in [7, 11) is 0. The number of unbranched alkanes of at least 4 members (excludes halogenated alkanes) is 2. The molecule has 0 saturated carbocycles. The molecule has 1 heterocycles. The third-order valence-electron chi connectivity index (χ3n) is 5.74. The first-order chi connectivity index (χ1) is 11.3. The van der Waals surface area contributed by atoms with Crippen LogP contribution >= 0.6 is 0 Å². The number of hydrogen-bond acceptors (Lipinski definition) is 0. The van der Waals surface area contributed by atoms with Crippen LogP contribution in [-0.2, 0) is 0 Å². The van der Waals surface area contributed by atoms with Gasteiger partial charge in [-0.3, -0.25) is 4.48 Å². The van der Waals surface area contributed by atoms with Crippen molar-refractivity contribution in [3.8, 4) is 0 Å². The molecule has 0 spiro atoms. The van der Waals surface area contributed by atoms with Crippen molar-refractivity contribution in [2.24, 2.45) is 5.92 Å². The van der Waals surface area contributed by atoms with Gasteiger partial charge in [-0.15, -0.1) is 0 Å². The number of quaternary nitrogens is 1. The molecule has 0 fully saturated rings. The smallest absolute Gasteiger partial charge is 0.0996 e. The first-order valence-corrected chi connectivity index (χ1v) is 9.58. The summed E-state index contributed by atoms with van der Waals surface area (Å²) in [6.45, 7) is 8.61. The lowest BCUT2D eigenvalue weighted by molar-refractivity contribution is -0.877. The summed E-state index contributed by atoms with van der Waals surface area (Å²) in [6.07, 6.45) is 14.0. The summed E-state index contributed by atoms with van der Waals surface area (Å²) >= 11 is 0. The van der Waals surface area contributed by atoms with Gasteiger partial charge >= 0.3 is 0 Å². The van der Waals surface area contributed by atoms with Gasteiger partial charge in [-0.1, -0.05) is 69.2 Å². The Hall–Kier alpha value is -0.860. The Balaban J connectivity index is 0.00000208. The highest BCUT2D eigenvalue weighted by Gasteiger charge is 2.42. The Labute approximate surface area is 158 Å². The Bertz CT molecular complexity index is 553. The molecule has 132 valence electrons. The summed E-state index contributed by atoms with van der Waals surface area (Å²) in [4.78, 5) is 0. The summed E-state index contributed by atoms with van der Waals surface area (Å²) < 4.78 is 1.23. The molecule has 2 unspecified atom stereocenters. The number of allylic oxidation sites excluding steroid dienone is 2. The van der Waals surface area contributed by atoms with Crippen LogP contribution in [0.1, 0.15) is 57.4 Å². The van der Waals surface area contributed by atoms with E-state index in [4.69, 9.17) is 0 Å². The van der Waals surface area contributed by atoms with E-state index in [2.05, 4.69) is 62.5 Å². The van der Waals surface area contributed by atoms with E-state index in [9.17, 15) is 0 Å². The van der Waals surface area contributed by atoms with Crippen molar-refractivity contribution in [1.29, 1.82) is 0 Å². The molecule has 3 rings (SSSR count). The number of nitrogens with zero attached hydrogens (tertiary/aromatic N) is 1. The van der Waals surface area contributed by atoms with E-state index in [1.54, 1.807) is 5.57 Å². The Morgan fingerprint density at radius 3 is 2.25 bits per heavy atom. The second-order valence-corrected chi connectivity index (χ2v) is 7.45. The van der Waals surface area contributed by atoms with Crippen molar-refractivity contribution < 1.29 is 21.5 Å². The molecule has 1 aromatic carbocycles. The zero-order valence-corrected chi connectivity index (χ0v) is 16.8. The van der Waals surface area contributed by atoms with Crippen LogP contribution in [0.5, 0.6) is 0 Å². The van der Waals surface area contributed by atoms with E-state index in [1.807, 2.05) is 0 Å². The average molecular weight is 390 g/mol. The average Bonchev–Trinajstić information content (AvgIpc) is 2.98. The molecule has 1 aliphatic heterocycles. The van der Waals surface area contributed by atoms with Crippen molar-refractivity contribution in [3.63, 3.8) is 0 Å². The van der Waals surface area contributed by atoms with Crippen molar-refractivity contribution in [2.75, 3.05) is 19.6 Å². The largest absolute Gasteiger partial charge is 1.00 e. The predicted molar refractivity (Wildman–Crippen MR) is 99.2 cm³/mol. The maximum Gasteiger partial charge on any atom is 0.0996 e. The van der Waals surface area contributed by atoms with Gasteiger partial charge in [0.2, 0.25) is 0 Å². The lowest BCUT2D eigenvalue weighted by Crippen LogP contribution is -3.00. The topological polar surface area (TPSA) is 0 Å². The van der Waals surface area contributed by atoms with Crippen LogP contribution in [0.4, 0.5) is 0 Å². The summed E-state index contributed by atoms with van der Waals surface area (Å²) in [5.74, 6) is 1.40. The van der Waals surface area contributed by atoms with Crippen LogP contribution < -0.4 is 17.0 Å². The first kappa shape index (κ1) is 19.5. The van der Waals surface area contributed by atoms with Gasteiger partial charge in [-0.25, -0.2) is 0 Å². The normalized spacial score (nSPS) is 24.2. The number of halogens is 1. The fourth-order valence-electron chi connectivity index (χ4n) is 4.44. The maximum atomic E-state index is 2.63. The number of fused-ring (bicyclic) bond motifs is 1. The highest BCUT2D eigenvalue weighted by molar-refractivity contribution is 5.34. The van der Waals surface area contributed by atoms with Crippen molar-refractivity contribution >= 4 is 0 Å². The molecule has 0 bridgehead atoms. The second-order valence-electron chi connectivity index (χ2n) is 7.45. The third kappa shape index (κ3) is 4.21. The van der Waals surface area contributed by atoms with E-state index in [0.29, 0.717) is 5.92 Å². The molecule has 2 atom stereocenters. The second kappa shape index (κ2) is 9.01. The standard InChI is InChI=1S/C22H32N.BrH/c1-3-5-15-23(16-6-4-2)17-20-13-10-14-21(22(20)18-23)19-11-8-7-9-12-19;/h7-13,17,21-22H,3-6,14-16,18H2,1-2H3;1H/q+1;/p-1. The monoisotopic (exact) mass is 389 g/mol. The minimum absolute atomic E-state index is 0. The van der Waals surface area contributed by atoms with Crippen molar-refractivity contribution in [3.05, 3.63) is 59.8 Å². The van der Waals surface area contributed by atoms with E-state index in [0.717, 1.165) is 5.92 Å². The highest BCUT2D eigenvalue weighted by atomic mass is 79.9. The van der Waals surface area contributed by atoms with Crippen LogP contribution in [0.3, 0.4) is 0 Å². The maximum absolute atomic E-state index is 2.63. The molecule has 0 N–H and O–H groups in total. The van der Waals surface area contributed by atoms with E-state index in [-0.39, 0.29) is 17.0 Å². The fourth-order valence-corrected chi connectivity index (χ4v) is 4.44. The van der Waals surface area contributed by atoms with Gasteiger partial charge in [0.05, 0.1) is 25.8 Å². The van der Waals surface area contributed by atoms with Gasteiger partial charge in [0, 0.05) is 11.5 Å². The quantitative estimate of drug-likeness (QED) is 0.628. The predicted octanol–water partition coefficient (Wildman–Crippen LogP) is 2.66. The van der Waals surface area contributed by atoms with Gasteiger partial charge in [0.1, 0.15) is 0 Å². The lowest BCUT2D eigenvalue weighted by Gasteiger charge is -2.35. The number of rotatable bonds is 7. The Kier molecular flexibility index (Phi) is 7.31. The van der Waals surface area contributed by atoms with Crippen LogP contribution in [0, 0.1) is 5.92 Å². The van der Waals surface area contributed by atoms with E-state index in [1.165, 1.54) is 61.8 Å². The Morgan fingerprint density at radius 1 is 0.958 bits per heavy atom. The van der Waals surface area contributed by atoms with Gasteiger partial charge < -0.3 is 17.0 Å². The van der Waals surface area contributed by atoms with Crippen LogP contribution in [0.25, 0.3) is 0 Å². The van der Waals surface area contributed by atoms with Crippen LogP contribution in [0.15, 0.2) is 54.3 Å².